The van der Waals surface area contributed by atoms with Crippen LogP contribution in [0.15, 0.2) is 24.3 Å². The topological polar surface area (TPSA) is 50.4 Å². The summed E-state index contributed by atoms with van der Waals surface area (Å²) in [6.07, 6.45) is 7.53. The molecule has 1 aromatic carbocycles. The van der Waals surface area contributed by atoms with Crippen LogP contribution < -0.4 is 10.6 Å². The molecule has 0 atom stereocenters. The number of rotatable bonds is 6. The molecule has 2 amide bonds. The van der Waals surface area contributed by atoms with Crippen LogP contribution in [0.1, 0.15) is 38.5 Å². The Balaban J connectivity index is 1.54. The first-order valence-corrected chi connectivity index (χ1v) is 8.04. The summed E-state index contributed by atoms with van der Waals surface area (Å²) in [5, 5.41) is 6.17. The fourth-order valence-electron chi connectivity index (χ4n) is 2.50. The van der Waals surface area contributed by atoms with Crippen molar-refractivity contribution in [1.82, 2.24) is 5.32 Å². The number of benzene rings is 1. The van der Waals surface area contributed by atoms with Crippen LogP contribution >= 0.6 is 11.6 Å². The maximum atomic E-state index is 11.7. The van der Waals surface area contributed by atoms with E-state index in [4.69, 9.17) is 16.3 Å². The van der Waals surface area contributed by atoms with Gasteiger partial charge in [0, 0.05) is 23.9 Å². The summed E-state index contributed by atoms with van der Waals surface area (Å²) in [5.41, 5.74) is 0.693. The average Bonchev–Trinajstić information content (AvgIpc) is 2.48. The number of anilines is 1. The van der Waals surface area contributed by atoms with Crippen LogP contribution in [0.3, 0.4) is 0 Å². The summed E-state index contributed by atoms with van der Waals surface area (Å²) >= 11 is 5.86. The third kappa shape index (κ3) is 6.36. The highest BCUT2D eigenvalue weighted by molar-refractivity contribution is 6.30. The second-order valence-electron chi connectivity index (χ2n) is 5.38. The number of amides is 2. The lowest BCUT2D eigenvalue weighted by Crippen LogP contribution is -2.30. The molecule has 116 valence electrons. The molecular formula is C16H23ClN2O2. The molecule has 2 rings (SSSR count). The van der Waals surface area contributed by atoms with Crippen molar-refractivity contribution < 1.29 is 9.53 Å². The van der Waals surface area contributed by atoms with Gasteiger partial charge in [0.2, 0.25) is 0 Å². The lowest BCUT2D eigenvalue weighted by atomic mass is 9.98. The van der Waals surface area contributed by atoms with Gasteiger partial charge in [-0.2, -0.15) is 0 Å². The first-order chi connectivity index (χ1) is 10.2. The van der Waals surface area contributed by atoms with Crippen LogP contribution in [-0.4, -0.2) is 25.3 Å². The van der Waals surface area contributed by atoms with Gasteiger partial charge in [0.1, 0.15) is 0 Å². The molecule has 1 saturated carbocycles. The summed E-state index contributed by atoms with van der Waals surface area (Å²) in [4.78, 5) is 11.7. The van der Waals surface area contributed by atoms with Crippen LogP contribution in [0.5, 0.6) is 0 Å². The molecule has 1 fully saturated rings. The largest absolute Gasteiger partial charge is 0.378 e. The van der Waals surface area contributed by atoms with Crippen molar-refractivity contribution in [2.45, 2.75) is 44.6 Å². The first kappa shape index (κ1) is 16.1. The van der Waals surface area contributed by atoms with E-state index in [-0.39, 0.29) is 6.03 Å². The van der Waals surface area contributed by atoms with E-state index in [0.29, 0.717) is 30.0 Å². The molecular weight excluding hydrogens is 288 g/mol. The number of hydrogen-bond donors (Lipinski definition) is 2. The molecule has 2 N–H and O–H groups in total. The third-order valence-corrected chi connectivity index (χ3v) is 3.83. The van der Waals surface area contributed by atoms with Gasteiger partial charge in [-0.1, -0.05) is 36.9 Å². The smallest absolute Gasteiger partial charge is 0.319 e. The number of carbonyl (C=O) groups excluding carboxylic acids is 1. The lowest BCUT2D eigenvalue weighted by Gasteiger charge is -2.21. The monoisotopic (exact) mass is 310 g/mol. The first-order valence-electron chi connectivity index (χ1n) is 7.66. The zero-order valence-corrected chi connectivity index (χ0v) is 13.0. The summed E-state index contributed by atoms with van der Waals surface area (Å²) in [7, 11) is 0. The molecule has 0 aliphatic heterocycles. The normalized spacial score (nSPS) is 15.7. The van der Waals surface area contributed by atoms with Gasteiger partial charge in [-0.25, -0.2) is 4.79 Å². The van der Waals surface area contributed by atoms with Gasteiger partial charge in [0.05, 0.1) is 6.10 Å². The van der Waals surface area contributed by atoms with E-state index in [0.717, 1.165) is 6.42 Å². The second kappa shape index (κ2) is 8.90. The van der Waals surface area contributed by atoms with Gasteiger partial charge in [-0.05, 0) is 37.5 Å². The van der Waals surface area contributed by atoms with Crippen LogP contribution in [0.25, 0.3) is 0 Å². The van der Waals surface area contributed by atoms with Crippen molar-refractivity contribution in [1.29, 1.82) is 0 Å². The van der Waals surface area contributed by atoms with Crippen molar-refractivity contribution in [3.63, 3.8) is 0 Å². The fraction of sp³-hybridized carbons (Fsp3) is 0.562. The minimum Gasteiger partial charge on any atom is -0.378 e. The Hall–Kier alpha value is -1.26. The van der Waals surface area contributed by atoms with Gasteiger partial charge < -0.3 is 15.4 Å². The average molecular weight is 311 g/mol. The Bertz CT molecular complexity index is 448. The van der Waals surface area contributed by atoms with E-state index >= 15 is 0 Å². The van der Waals surface area contributed by atoms with E-state index in [1.165, 1.54) is 32.1 Å². The molecule has 0 unspecified atom stereocenters. The van der Waals surface area contributed by atoms with Crippen molar-refractivity contribution in [2.24, 2.45) is 0 Å². The van der Waals surface area contributed by atoms with Gasteiger partial charge in [0.25, 0.3) is 0 Å². The minimum absolute atomic E-state index is 0.213. The highest BCUT2D eigenvalue weighted by Crippen LogP contribution is 2.20. The Kier molecular flexibility index (Phi) is 6.83. The predicted molar refractivity (Wildman–Crippen MR) is 85.9 cm³/mol. The number of halogens is 1. The zero-order chi connectivity index (χ0) is 14.9. The van der Waals surface area contributed by atoms with E-state index in [2.05, 4.69) is 10.6 Å². The number of carbonyl (C=O) groups is 1. The molecule has 0 aromatic heterocycles. The van der Waals surface area contributed by atoms with Crippen LogP contribution in [0.4, 0.5) is 10.5 Å². The molecule has 1 aliphatic carbocycles. The molecule has 1 aromatic rings. The zero-order valence-electron chi connectivity index (χ0n) is 12.2. The standard InChI is InChI=1S/C16H23ClN2O2/c17-13-6-4-7-14(12-13)19-16(20)18-10-5-11-21-15-8-2-1-3-9-15/h4,6-7,12,15H,1-3,5,8-11H2,(H2,18,19,20). The SMILES string of the molecule is O=C(NCCCOC1CCCCC1)Nc1cccc(Cl)c1. The highest BCUT2D eigenvalue weighted by atomic mass is 35.5. The second-order valence-corrected chi connectivity index (χ2v) is 5.81. The van der Waals surface area contributed by atoms with E-state index < -0.39 is 0 Å². The fourth-order valence-corrected chi connectivity index (χ4v) is 2.69. The van der Waals surface area contributed by atoms with Crippen LogP contribution in [-0.2, 0) is 4.74 Å². The molecule has 0 bridgehead atoms. The highest BCUT2D eigenvalue weighted by Gasteiger charge is 2.13. The Labute approximate surface area is 131 Å². The molecule has 0 saturated heterocycles. The summed E-state index contributed by atoms with van der Waals surface area (Å²) in [6, 6.07) is 6.88. The number of urea groups is 1. The Morgan fingerprint density at radius 3 is 2.86 bits per heavy atom. The van der Waals surface area contributed by atoms with Gasteiger partial charge in [-0.15, -0.1) is 0 Å². The maximum Gasteiger partial charge on any atom is 0.319 e. The molecule has 1 aliphatic rings. The minimum atomic E-state index is -0.213. The van der Waals surface area contributed by atoms with Crippen molar-refractivity contribution >= 4 is 23.3 Å². The van der Waals surface area contributed by atoms with E-state index in [9.17, 15) is 4.79 Å². The summed E-state index contributed by atoms with van der Waals surface area (Å²) in [6.45, 7) is 1.32. The van der Waals surface area contributed by atoms with Crippen LogP contribution in [0.2, 0.25) is 5.02 Å². The molecule has 0 radical (unpaired) electrons. The molecule has 4 nitrogen and oxygen atoms in total. The third-order valence-electron chi connectivity index (χ3n) is 3.59. The summed E-state index contributed by atoms with van der Waals surface area (Å²) in [5.74, 6) is 0. The number of nitrogens with one attached hydrogen (secondary N) is 2. The van der Waals surface area contributed by atoms with Crippen molar-refractivity contribution in [3.8, 4) is 0 Å². The number of ether oxygens (including phenoxy) is 1. The maximum absolute atomic E-state index is 11.7. The van der Waals surface area contributed by atoms with Gasteiger partial charge in [0.15, 0.2) is 0 Å². The quantitative estimate of drug-likeness (QED) is 0.774. The Morgan fingerprint density at radius 1 is 1.29 bits per heavy atom. The van der Waals surface area contributed by atoms with E-state index in [1.807, 2.05) is 0 Å². The van der Waals surface area contributed by atoms with Crippen molar-refractivity contribution in [3.05, 3.63) is 29.3 Å². The Morgan fingerprint density at radius 2 is 2.10 bits per heavy atom. The lowest BCUT2D eigenvalue weighted by molar-refractivity contribution is 0.0276. The van der Waals surface area contributed by atoms with Gasteiger partial charge >= 0.3 is 6.03 Å². The molecule has 0 spiro atoms. The molecule has 21 heavy (non-hydrogen) atoms. The number of hydrogen-bond acceptors (Lipinski definition) is 2. The predicted octanol–water partition coefficient (Wildman–Crippen LogP) is 4.20. The van der Waals surface area contributed by atoms with E-state index in [1.54, 1.807) is 24.3 Å². The van der Waals surface area contributed by atoms with Crippen molar-refractivity contribution in [2.75, 3.05) is 18.5 Å². The summed E-state index contributed by atoms with van der Waals surface area (Å²) < 4.78 is 5.81. The molecule has 5 heteroatoms. The van der Waals surface area contributed by atoms with Crippen LogP contribution in [0, 0.1) is 0 Å². The van der Waals surface area contributed by atoms with Gasteiger partial charge in [-0.3, -0.25) is 0 Å². The molecule has 0 heterocycles.